The predicted molar refractivity (Wildman–Crippen MR) is 80.6 cm³/mol. The molecule has 0 bridgehead atoms. The van der Waals surface area contributed by atoms with Crippen LogP contribution >= 0.6 is 0 Å². The number of aryl methyl sites for hydroxylation is 1. The van der Waals surface area contributed by atoms with Gasteiger partial charge >= 0.3 is 0 Å². The molecule has 0 atom stereocenters. The Morgan fingerprint density at radius 1 is 1.18 bits per heavy atom. The lowest BCUT2D eigenvalue weighted by molar-refractivity contribution is 0.602. The maximum absolute atomic E-state index is 13.8. The molecule has 0 aliphatic carbocycles. The average molecular weight is 314 g/mol. The molecule has 3 rings (SSSR count). The Bertz CT molecular complexity index is 943. The van der Waals surface area contributed by atoms with E-state index in [9.17, 15) is 12.8 Å². The smallest absolute Gasteiger partial charge is 0.220 e. The lowest BCUT2D eigenvalue weighted by Crippen LogP contribution is -2.21. The Morgan fingerprint density at radius 3 is 2.59 bits per heavy atom. The number of nitriles is 1. The molecule has 6 heteroatoms. The number of fused-ring (bicyclic) bond motifs is 1. The summed E-state index contributed by atoms with van der Waals surface area (Å²) in [5.41, 5.74) is 1.34. The lowest BCUT2D eigenvalue weighted by atomic mass is 10.2. The summed E-state index contributed by atoms with van der Waals surface area (Å²) in [5.74, 6) is -0.393. The molecule has 0 radical (unpaired) electrons. The third-order valence-electron chi connectivity index (χ3n) is 3.49. The summed E-state index contributed by atoms with van der Waals surface area (Å²) in [6.07, 6.45) is 1.22. The van der Waals surface area contributed by atoms with Gasteiger partial charge in [-0.25, -0.2) is 12.8 Å². The molecule has 0 unspecified atom stereocenters. The zero-order chi connectivity index (χ0) is 15.9. The number of para-hydroxylation sites is 1. The highest BCUT2D eigenvalue weighted by molar-refractivity contribution is 7.95. The van der Waals surface area contributed by atoms with Gasteiger partial charge < -0.3 is 4.90 Å². The molecule has 4 nitrogen and oxygen atoms in total. The molecule has 2 aromatic carbocycles. The Morgan fingerprint density at radius 2 is 1.91 bits per heavy atom. The molecule has 0 amide bonds. The van der Waals surface area contributed by atoms with Gasteiger partial charge in [-0.15, -0.1) is 0 Å². The van der Waals surface area contributed by atoms with Crippen molar-refractivity contribution in [2.45, 2.75) is 11.8 Å². The van der Waals surface area contributed by atoms with Crippen molar-refractivity contribution in [2.24, 2.45) is 0 Å². The van der Waals surface area contributed by atoms with Gasteiger partial charge in [-0.05, 0) is 36.8 Å². The third kappa shape index (κ3) is 2.07. The van der Waals surface area contributed by atoms with Crippen LogP contribution in [0.15, 0.2) is 58.5 Å². The van der Waals surface area contributed by atoms with Crippen molar-refractivity contribution in [1.29, 1.82) is 5.26 Å². The summed E-state index contributed by atoms with van der Waals surface area (Å²) < 4.78 is 38.5. The van der Waals surface area contributed by atoms with Crippen LogP contribution in [0.1, 0.15) is 5.56 Å². The van der Waals surface area contributed by atoms with Crippen LogP contribution in [-0.2, 0) is 9.84 Å². The SMILES string of the molecule is Cc1ccc(N2C=C(C#N)S(=O)(=O)c3ccccc32)cc1F. The van der Waals surface area contributed by atoms with Gasteiger partial charge in [-0.3, -0.25) is 0 Å². The number of nitrogens with zero attached hydrogens (tertiary/aromatic N) is 2. The van der Waals surface area contributed by atoms with Crippen LogP contribution in [0, 0.1) is 24.1 Å². The van der Waals surface area contributed by atoms with Crippen molar-refractivity contribution in [3.63, 3.8) is 0 Å². The minimum absolute atomic E-state index is 0.0371. The molecule has 1 aliphatic heterocycles. The minimum Gasteiger partial charge on any atom is -0.314 e. The van der Waals surface area contributed by atoms with E-state index in [0.29, 0.717) is 16.9 Å². The molecule has 1 heterocycles. The molecule has 22 heavy (non-hydrogen) atoms. The highest BCUT2D eigenvalue weighted by atomic mass is 32.2. The maximum Gasteiger partial charge on any atom is 0.220 e. The number of hydrogen-bond acceptors (Lipinski definition) is 4. The van der Waals surface area contributed by atoms with Crippen LogP contribution < -0.4 is 4.90 Å². The minimum atomic E-state index is -3.83. The predicted octanol–water partition coefficient (Wildman–Crippen LogP) is 3.42. The van der Waals surface area contributed by atoms with Crippen LogP contribution in [0.25, 0.3) is 0 Å². The van der Waals surface area contributed by atoms with Gasteiger partial charge in [0.2, 0.25) is 9.84 Å². The highest BCUT2D eigenvalue weighted by Gasteiger charge is 2.31. The van der Waals surface area contributed by atoms with Gasteiger partial charge in [-0.1, -0.05) is 18.2 Å². The third-order valence-corrected chi connectivity index (χ3v) is 5.19. The summed E-state index contributed by atoms with van der Waals surface area (Å²) in [6, 6.07) is 12.6. The standard InChI is InChI=1S/C16H11FN2O2S/c1-11-6-7-12(8-14(11)17)19-10-13(9-18)22(20,21)16-5-3-2-4-15(16)19/h2-8,10H,1H3. The first-order chi connectivity index (χ1) is 10.4. The van der Waals surface area contributed by atoms with Crippen molar-refractivity contribution in [3.8, 4) is 6.07 Å². The van der Waals surface area contributed by atoms with Crippen molar-refractivity contribution < 1.29 is 12.8 Å². The summed E-state index contributed by atoms with van der Waals surface area (Å²) in [7, 11) is -3.83. The molecule has 2 aromatic rings. The molecule has 0 fully saturated rings. The van der Waals surface area contributed by atoms with Crippen molar-refractivity contribution >= 4 is 21.2 Å². The largest absolute Gasteiger partial charge is 0.314 e. The number of rotatable bonds is 1. The van der Waals surface area contributed by atoms with Gasteiger partial charge in [0.25, 0.3) is 0 Å². The van der Waals surface area contributed by atoms with E-state index in [1.807, 2.05) is 0 Å². The molecular weight excluding hydrogens is 303 g/mol. The summed E-state index contributed by atoms with van der Waals surface area (Å²) in [5, 5.41) is 9.12. The van der Waals surface area contributed by atoms with Gasteiger partial charge in [-0.2, -0.15) is 5.26 Å². The zero-order valence-corrected chi connectivity index (χ0v) is 12.4. The summed E-state index contributed by atoms with van der Waals surface area (Å²) in [4.78, 5) is 1.18. The lowest BCUT2D eigenvalue weighted by Gasteiger charge is -2.27. The average Bonchev–Trinajstić information content (AvgIpc) is 2.51. The Kier molecular flexibility index (Phi) is 3.23. The molecular formula is C16H11FN2O2S. The number of allylic oxidation sites excluding steroid dienone is 1. The summed E-state index contributed by atoms with van der Waals surface area (Å²) >= 11 is 0. The fourth-order valence-electron chi connectivity index (χ4n) is 2.29. The fraction of sp³-hybridized carbons (Fsp3) is 0.0625. The van der Waals surface area contributed by atoms with E-state index in [4.69, 9.17) is 5.26 Å². The van der Waals surface area contributed by atoms with E-state index < -0.39 is 15.7 Å². The molecule has 110 valence electrons. The van der Waals surface area contributed by atoms with Gasteiger partial charge in [0, 0.05) is 11.9 Å². The van der Waals surface area contributed by atoms with Crippen molar-refractivity contribution in [3.05, 3.63) is 65.0 Å². The van der Waals surface area contributed by atoms with Crippen LogP contribution in [-0.4, -0.2) is 8.42 Å². The second kappa shape index (κ2) is 4.97. The van der Waals surface area contributed by atoms with Crippen LogP contribution in [0.3, 0.4) is 0 Å². The van der Waals surface area contributed by atoms with E-state index in [-0.39, 0.29) is 9.80 Å². The van der Waals surface area contributed by atoms with Gasteiger partial charge in [0.1, 0.15) is 11.9 Å². The molecule has 0 aromatic heterocycles. The fourth-order valence-corrected chi connectivity index (χ4v) is 3.59. The maximum atomic E-state index is 13.8. The number of anilines is 2. The Labute approximate surface area is 127 Å². The van der Waals surface area contributed by atoms with Gasteiger partial charge in [0.15, 0.2) is 4.91 Å². The molecule has 0 spiro atoms. The van der Waals surface area contributed by atoms with E-state index >= 15 is 0 Å². The monoisotopic (exact) mass is 314 g/mol. The van der Waals surface area contributed by atoms with E-state index in [0.717, 1.165) is 0 Å². The summed E-state index contributed by atoms with van der Waals surface area (Å²) in [6.45, 7) is 1.64. The first-order valence-corrected chi connectivity index (χ1v) is 7.95. The molecule has 0 saturated heterocycles. The number of benzene rings is 2. The first kappa shape index (κ1) is 14.3. The first-order valence-electron chi connectivity index (χ1n) is 6.46. The second-order valence-electron chi connectivity index (χ2n) is 4.88. The topological polar surface area (TPSA) is 61.2 Å². The van der Waals surface area contributed by atoms with Crippen molar-refractivity contribution in [2.75, 3.05) is 4.90 Å². The normalized spacial score (nSPS) is 15.7. The van der Waals surface area contributed by atoms with Crippen LogP contribution in [0.4, 0.5) is 15.8 Å². The van der Waals surface area contributed by atoms with Crippen LogP contribution in [0.2, 0.25) is 0 Å². The van der Waals surface area contributed by atoms with E-state index in [2.05, 4.69) is 0 Å². The molecule has 0 N–H and O–H groups in total. The number of halogens is 1. The quantitative estimate of drug-likeness (QED) is 0.809. The van der Waals surface area contributed by atoms with E-state index in [1.165, 1.54) is 23.2 Å². The van der Waals surface area contributed by atoms with E-state index in [1.54, 1.807) is 43.3 Å². The highest BCUT2D eigenvalue weighted by Crippen LogP contribution is 2.39. The molecule has 1 aliphatic rings. The molecule has 0 saturated carbocycles. The zero-order valence-electron chi connectivity index (χ0n) is 11.6. The van der Waals surface area contributed by atoms with Crippen molar-refractivity contribution in [1.82, 2.24) is 0 Å². The Balaban J connectivity index is 2.28. The number of sulfone groups is 1. The number of hydrogen-bond donors (Lipinski definition) is 0. The Hall–Kier alpha value is -2.65. The van der Waals surface area contributed by atoms with Crippen LogP contribution in [0.5, 0.6) is 0 Å². The second-order valence-corrected chi connectivity index (χ2v) is 6.77. The van der Waals surface area contributed by atoms with Gasteiger partial charge in [0.05, 0.1) is 10.6 Å².